The van der Waals surface area contributed by atoms with E-state index in [4.69, 9.17) is 4.74 Å². The molecule has 176 valence electrons. The molecular weight excluding hydrogens is 436 g/mol. The summed E-state index contributed by atoms with van der Waals surface area (Å²) in [5.41, 5.74) is 4.34. The lowest BCUT2D eigenvalue weighted by Crippen LogP contribution is -2.52. The maximum Gasteiger partial charge on any atom is 0.407 e. The smallest absolute Gasteiger partial charge is 0.407 e. The van der Waals surface area contributed by atoms with Gasteiger partial charge in [-0.15, -0.1) is 11.8 Å². The minimum absolute atomic E-state index is 0.00152. The largest absolute Gasteiger partial charge is 0.480 e. The summed E-state index contributed by atoms with van der Waals surface area (Å²) in [6, 6.07) is 13.7. The number of nitrogens with one attached hydrogen (secondary N) is 1. The highest BCUT2D eigenvalue weighted by atomic mass is 16.5. The monoisotopic (exact) mass is 462 g/mol. The van der Waals surface area contributed by atoms with Gasteiger partial charge in [-0.05, 0) is 29.2 Å². The molecule has 1 aliphatic heterocycles. The second-order valence-electron chi connectivity index (χ2n) is 8.39. The molecule has 2 aliphatic rings. The molecule has 0 bridgehead atoms. The average Bonchev–Trinajstić information content (AvgIpc) is 3.38. The van der Waals surface area contributed by atoms with Gasteiger partial charge in [-0.1, -0.05) is 48.5 Å². The topological polar surface area (TPSA) is 116 Å². The highest BCUT2D eigenvalue weighted by Gasteiger charge is 2.41. The Morgan fingerprint density at radius 1 is 1.12 bits per heavy atom. The standard InChI is InChI=1S/C26H26N2O6/c1-2-3-12-22(24(30)28-14-16(29)13-23(28)25(31)32)27-26(33)34-15-21-19-10-6-4-8-17(19)18-9-5-7-11-20(18)21/h4-11,16,21-23,29H,12-15H2,1H3,(H,27,33)(H,31,32)/t16?,22?,23-/m0/s1. The van der Waals surface area contributed by atoms with Crippen molar-refractivity contribution in [1.29, 1.82) is 0 Å². The number of aliphatic carboxylic acids is 1. The third-order valence-electron chi connectivity index (χ3n) is 6.26. The molecule has 4 rings (SSSR count). The number of aliphatic hydroxyl groups excluding tert-OH is 1. The molecule has 2 amide bonds. The minimum atomic E-state index is -1.20. The van der Waals surface area contributed by atoms with Gasteiger partial charge < -0.3 is 25.2 Å². The summed E-state index contributed by atoms with van der Waals surface area (Å²) in [5.74, 6) is 3.49. The molecule has 2 aromatic carbocycles. The van der Waals surface area contributed by atoms with Crippen molar-refractivity contribution in [3.05, 3.63) is 59.7 Å². The molecule has 0 saturated carbocycles. The zero-order valence-electron chi connectivity index (χ0n) is 18.7. The summed E-state index contributed by atoms with van der Waals surface area (Å²) in [6.45, 7) is 1.58. The van der Waals surface area contributed by atoms with Gasteiger partial charge in [0, 0.05) is 25.3 Å². The third kappa shape index (κ3) is 4.61. The van der Waals surface area contributed by atoms with Gasteiger partial charge in [-0.25, -0.2) is 9.59 Å². The molecular formula is C26H26N2O6. The second-order valence-corrected chi connectivity index (χ2v) is 8.39. The first-order chi connectivity index (χ1) is 16.4. The Kier molecular flexibility index (Phi) is 6.85. The maximum absolute atomic E-state index is 13.0. The molecule has 0 spiro atoms. The summed E-state index contributed by atoms with van der Waals surface area (Å²) in [5, 5.41) is 21.8. The predicted octanol–water partition coefficient (Wildman–Crippen LogP) is 2.35. The number of alkyl carbamates (subject to hydrolysis) is 1. The number of carbonyl (C=O) groups excluding carboxylic acids is 2. The Hall–Kier alpha value is -3.83. The van der Waals surface area contributed by atoms with E-state index in [1.54, 1.807) is 6.92 Å². The fraction of sp³-hybridized carbons (Fsp3) is 0.346. The number of amides is 2. The zero-order valence-corrected chi connectivity index (χ0v) is 18.7. The van der Waals surface area contributed by atoms with Crippen molar-refractivity contribution in [2.45, 2.75) is 43.9 Å². The number of nitrogens with zero attached hydrogens (tertiary/aromatic N) is 1. The Morgan fingerprint density at radius 3 is 2.32 bits per heavy atom. The van der Waals surface area contributed by atoms with Crippen LogP contribution in [-0.4, -0.2) is 64.4 Å². The minimum Gasteiger partial charge on any atom is -0.480 e. The number of carbonyl (C=O) groups is 3. The number of rotatable bonds is 6. The molecule has 3 atom stereocenters. The van der Waals surface area contributed by atoms with E-state index < -0.39 is 36.2 Å². The van der Waals surface area contributed by atoms with Gasteiger partial charge in [0.25, 0.3) is 0 Å². The van der Waals surface area contributed by atoms with Gasteiger partial charge in [0.2, 0.25) is 5.91 Å². The van der Waals surface area contributed by atoms with E-state index in [-0.39, 0.29) is 31.9 Å². The molecule has 8 heteroatoms. The van der Waals surface area contributed by atoms with Crippen LogP contribution in [0.5, 0.6) is 0 Å². The van der Waals surface area contributed by atoms with Gasteiger partial charge in [0.15, 0.2) is 0 Å². The molecule has 1 fully saturated rings. The van der Waals surface area contributed by atoms with Crippen LogP contribution in [0, 0.1) is 11.8 Å². The molecule has 34 heavy (non-hydrogen) atoms. The summed E-state index contributed by atoms with van der Waals surface area (Å²) < 4.78 is 5.52. The second kappa shape index (κ2) is 9.98. The lowest BCUT2D eigenvalue weighted by molar-refractivity contribution is -0.148. The van der Waals surface area contributed by atoms with Crippen LogP contribution in [0.4, 0.5) is 4.79 Å². The van der Waals surface area contributed by atoms with Crippen LogP contribution in [0.25, 0.3) is 11.1 Å². The molecule has 8 nitrogen and oxygen atoms in total. The molecule has 0 aromatic heterocycles. The SMILES string of the molecule is CC#CCC(NC(=O)OCC1c2ccccc2-c2ccccc21)C(=O)N1CC(O)C[C@H]1C(=O)O. The van der Waals surface area contributed by atoms with Crippen LogP contribution in [0.1, 0.15) is 36.8 Å². The Labute approximate surface area is 197 Å². The number of hydrogen-bond donors (Lipinski definition) is 3. The van der Waals surface area contributed by atoms with E-state index in [9.17, 15) is 24.6 Å². The van der Waals surface area contributed by atoms with E-state index in [0.717, 1.165) is 27.2 Å². The summed E-state index contributed by atoms with van der Waals surface area (Å²) >= 11 is 0. The predicted molar refractivity (Wildman–Crippen MR) is 124 cm³/mol. The van der Waals surface area contributed by atoms with Gasteiger partial charge in [0.1, 0.15) is 18.7 Å². The number of ether oxygens (including phenoxy) is 1. The van der Waals surface area contributed by atoms with Crippen molar-refractivity contribution >= 4 is 18.0 Å². The van der Waals surface area contributed by atoms with Crippen LogP contribution < -0.4 is 5.32 Å². The van der Waals surface area contributed by atoms with Crippen molar-refractivity contribution in [3.63, 3.8) is 0 Å². The maximum atomic E-state index is 13.0. The van der Waals surface area contributed by atoms with Crippen molar-refractivity contribution in [2.24, 2.45) is 0 Å². The van der Waals surface area contributed by atoms with Crippen LogP contribution in [0.3, 0.4) is 0 Å². The Balaban J connectivity index is 1.45. The summed E-state index contributed by atoms with van der Waals surface area (Å²) in [7, 11) is 0. The lowest BCUT2D eigenvalue weighted by Gasteiger charge is -2.26. The molecule has 0 radical (unpaired) electrons. The van der Waals surface area contributed by atoms with E-state index in [2.05, 4.69) is 17.2 Å². The van der Waals surface area contributed by atoms with Crippen LogP contribution >= 0.6 is 0 Å². The Morgan fingerprint density at radius 2 is 1.74 bits per heavy atom. The van der Waals surface area contributed by atoms with Gasteiger partial charge in [-0.2, -0.15) is 0 Å². The van der Waals surface area contributed by atoms with Gasteiger partial charge >= 0.3 is 12.1 Å². The third-order valence-corrected chi connectivity index (χ3v) is 6.26. The number of aliphatic hydroxyl groups is 1. The van der Waals surface area contributed by atoms with Gasteiger partial charge in [-0.3, -0.25) is 4.79 Å². The van der Waals surface area contributed by atoms with Crippen LogP contribution in [0.15, 0.2) is 48.5 Å². The average molecular weight is 463 g/mol. The first kappa shape index (κ1) is 23.3. The van der Waals surface area contributed by atoms with Crippen LogP contribution in [-0.2, 0) is 14.3 Å². The number of hydrogen-bond acceptors (Lipinski definition) is 5. The number of fused-ring (bicyclic) bond motifs is 3. The normalized spacial score (nSPS) is 19.4. The number of benzene rings is 2. The van der Waals surface area contributed by atoms with Crippen molar-refractivity contribution in [1.82, 2.24) is 10.2 Å². The Bertz CT molecular complexity index is 1120. The van der Waals surface area contributed by atoms with Gasteiger partial charge in [0.05, 0.1) is 6.10 Å². The zero-order chi connectivity index (χ0) is 24.2. The summed E-state index contributed by atoms with van der Waals surface area (Å²) in [6.07, 6.45) is -1.78. The van der Waals surface area contributed by atoms with E-state index >= 15 is 0 Å². The number of likely N-dealkylation sites (tertiary alicyclic amines) is 1. The fourth-order valence-electron chi connectivity index (χ4n) is 4.68. The van der Waals surface area contributed by atoms with E-state index in [0.29, 0.717) is 0 Å². The molecule has 3 N–H and O–H groups in total. The number of β-amino-alcohol motifs (C(OH)–C–C–N with tert-alkyl or cyclic N) is 1. The highest BCUT2D eigenvalue weighted by molar-refractivity contribution is 5.90. The summed E-state index contributed by atoms with van der Waals surface area (Å²) in [4.78, 5) is 38.3. The molecule has 1 saturated heterocycles. The van der Waals surface area contributed by atoms with E-state index in [1.807, 2.05) is 48.5 Å². The highest BCUT2D eigenvalue weighted by Crippen LogP contribution is 2.44. The lowest BCUT2D eigenvalue weighted by atomic mass is 9.98. The van der Waals surface area contributed by atoms with E-state index in [1.165, 1.54) is 0 Å². The quantitative estimate of drug-likeness (QED) is 0.568. The number of carboxylic acid groups (broad SMARTS) is 1. The van der Waals surface area contributed by atoms with Crippen molar-refractivity contribution in [3.8, 4) is 23.0 Å². The number of carboxylic acids is 1. The van der Waals surface area contributed by atoms with Crippen molar-refractivity contribution < 1.29 is 29.3 Å². The first-order valence-electron chi connectivity index (χ1n) is 11.1. The van der Waals surface area contributed by atoms with Crippen molar-refractivity contribution in [2.75, 3.05) is 13.2 Å². The first-order valence-corrected chi connectivity index (χ1v) is 11.1. The molecule has 2 aromatic rings. The molecule has 2 unspecified atom stereocenters. The fourth-order valence-corrected chi connectivity index (χ4v) is 4.68. The molecule has 1 heterocycles. The molecule has 1 aliphatic carbocycles. The van der Waals surface area contributed by atoms with Crippen LogP contribution in [0.2, 0.25) is 0 Å².